The highest BCUT2D eigenvalue weighted by Crippen LogP contribution is 2.39. The third-order valence-electron chi connectivity index (χ3n) is 19.4. The molecule has 0 atom stereocenters. The van der Waals surface area contributed by atoms with Crippen LogP contribution in [0.15, 0.2) is 115 Å². The summed E-state index contributed by atoms with van der Waals surface area (Å²) in [5.74, 6) is 3.89. The number of hydrogen-bond acceptors (Lipinski definition) is 7. The first kappa shape index (κ1) is 80.7. The standard InChI is InChI=1S/C15H16O.2C14H20O.C13H17FO.C11H16O.C10H14O.C9H11FO.CH4/c1-11-8-14(16)9-12(2)15(11)10-13-6-4-3-5-7-13;1-10-7-13(15)8-11(2)14(10)9-12-5-3-4-6-12;1-10-8-13(15)9-11(2)14(10)12-6-4-3-5-7-12;1-9-7-11(15)8-12(14)13(9)10-5-3-2-4-6-10;1-7(2)11-8(3)5-10(12)6-9(11)4;1-4-10-7(2)5-9(11)6-8(10)3;1-3-8-6(2)4-7(11)5-9(8)10;/h3-9,16H,10H2,1-2H3;7-8,12,15H,3-6,9H2,1-2H3;8-9,12,15H,3-7H2,1-2H3;7-8,10,15H,2-6H2,1H3;5-7,12H,1-4H3;5-6,11H,4H2,1-3H3;4-5,11H,3H2,1-2H3;1H4. The molecule has 8 aromatic carbocycles. The van der Waals surface area contributed by atoms with E-state index in [2.05, 4.69) is 72.7 Å². The summed E-state index contributed by atoms with van der Waals surface area (Å²) >= 11 is 0. The van der Waals surface area contributed by atoms with Crippen LogP contribution in [0.1, 0.15) is 254 Å². The van der Waals surface area contributed by atoms with Gasteiger partial charge in [0.05, 0.1) is 0 Å². The molecule has 0 saturated heterocycles. The molecule has 0 unspecified atom stereocenters. The second-order valence-electron chi connectivity index (χ2n) is 27.6. The van der Waals surface area contributed by atoms with E-state index in [1.165, 1.54) is 167 Å². The fourth-order valence-corrected chi connectivity index (χ4v) is 15.1. The Morgan fingerprint density at radius 3 is 1.01 bits per heavy atom. The molecule has 7 N–H and O–H groups in total. The first-order valence-electron chi connectivity index (χ1n) is 35.0. The highest BCUT2D eigenvalue weighted by atomic mass is 19.1. The zero-order valence-corrected chi connectivity index (χ0v) is 60.4. The smallest absolute Gasteiger partial charge is 0.130 e. The van der Waals surface area contributed by atoms with Gasteiger partial charge in [-0.2, -0.15) is 0 Å². The molecule has 0 aromatic heterocycles. The Labute approximate surface area is 577 Å². The average molecular weight is 1310 g/mol. The summed E-state index contributed by atoms with van der Waals surface area (Å²) in [6.45, 7) is 32.8. The number of phenols is 7. The lowest BCUT2D eigenvalue weighted by molar-refractivity contribution is 0.423. The summed E-state index contributed by atoms with van der Waals surface area (Å²) in [4.78, 5) is 0. The van der Waals surface area contributed by atoms with Crippen molar-refractivity contribution in [3.8, 4) is 40.2 Å². The zero-order chi connectivity index (χ0) is 70.2. The van der Waals surface area contributed by atoms with Gasteiger partial charge >= 0.3 is 0 Å². The van der Waals surface area contributed by atoms with Crippen molar-refractivity contribution in [1.82, 2.24) is 0 Å². The maximum absolute atomic E-state index is 13.7. The van der Waals surface area contributed by atoms with Crippen LogP contribution in [0.4, 0.5) is 8.78 Å². The van der Waals surface area contributed by atoms with Crippen LogP contribution >= 0.6 is 0 Å². The van der Waals surface area contributed by atoms with Crippen molar-refractivity contribution in [1.29, 1.82) is 0 Å². The Bertz CT molecular complexity index is 3420. The van der Waals surface area contributed by atoms with Crippen LogP contribution in [-0.2, 0) is 25.7 Å². The number of hydrogen-bond donors (Lipinski definition) is 7. The van der Waals surface area contributed by atoms with Crippen LogP contribution in [0.3, 0.4) is 0 Å². The van der Waals surface area contributed by atoms with Gasteiger partial charge in [0, 0.05) is 12.1 Å². The van der Waals surface area contributed by atoms with Crippen LogP contribution in [0.2, 0.25) is 0 Å². The Hall–Kier alpha value is -7.78. The van der Waals surface area contributed by atoms with Gasteiger partial charge in [-0.15, -0.1) is 0 Å². The van der Waals surface area contributed by atoms with Crippen LogP contribution in [-0.4, -0.2) is 35.7 Å². The minimum absolute atomic E-state index is 0. The van der Waals surface area contributed by atoms with E-state index in [-0.39, 0.29) is 30.6 Å². The summed E-state index contributed by atoms with van der Waals surface area (Å²) in [7, 11) is 0. The summed E-state index contributed by atoms with van der Waals surface area (Å²) < 4.78 is 26.7. The topological polar surface area (TPSA) is 142 Å². The second-order valence-corrected chi connectivity index (χ2v) is 27.6. The monoisotopic (exact) mass is 1310 g/mol. The van der Waals surface area contributed by atoms with E-state index >= 15 is 0 Å². The van der Waals surface area contributed by atoms with Crippen molar-refractivity contribution >= 4 is 0 Å². The van der Waals surface area contributed by atoms with Crippen molar-refractivity contribution in [3.05, 3.63) is 238 Å². The molecule has 3 aliphatic carbocycles. The second kappa shape index (κ2) is 39.4. The van der Waals surface area contributed by atoms with Crippen LogP contribution in [0.25, 0.3) is 0 Å². The van der Waals surface area contributed by atoms with Crippen molar-refractivity contribution in [2.45, 2.75) is 252 Å². The molecule has 0 bridgehead atoms. The van der Waals surface area contributed by atoms with Gasteiger partial charge < -0.3 is 35.7 Å². The maximum Gasteiger partial charge on any atom is 0.130 e. The zero-order valence-electron chi connectivity index (χ0n) is 60.4. The van der Waals surface area contributed by atoms with Gasteiger partial charge in [0.2, 0.25) is 0 Å². The summed E-state index contributed by atoms with van der Waals surface area (Å²) in [5.41, 5.74) is 23.5. The molecule has 0 radical (unpaired) electrons. The molecular formula is C87H118F2O7. The lowest BCUT2D eigenvalue weighted by Gasteiger charge is -2.25. The summed E-state index contributed by atoms with van der Waals surface area (Å²) in [6, 6.07) is 34.5. The normalized spacial score (nSPS) is 13.7. The number of halogens is 2. The van der Waals surface area contributed by atoms with Crippen molar-refractivity contribution in [2.24, 2.45) is 5.92 Å². The first-order chi connectivity index (χ1) is 45.0. The van der Waals surface area contributed by atoms with Crippen molar-refractivity contribution < 1.29 is 44.5 Å². The lowest BCUT2D eigenvalue weighted by Crippen LogP contribution is -2.08. The average Bonchev–Trinajstić information content (AvgIpc) is 0.869. The largest absolute Gasteiger partial charge is 0.508 e. The minimum atomic E-state index is -0.315. The van der Waals surface area contributed by atoms with E-state index in [1.54, 1.807) is 19.1 Å². The Morgan fingerprint density at radius 2 is 0.646 bits per heavy atom. The highest BCUT2D eigenvalue weighted by molar-refractivity contribution is 5.46. The predicted molar refractivity (Wildman–Crippen MR) is 400 cm³/mol. The highest BCUT2D eigenvalue weighted by Gasteiger charge is 2.23. The van der Waals surface area contributed by atoms with Gasteiger partial charge in [0.1, 0.15) is 51.9 Å². The number of benzene rings is 8. The van der Waals surface area contributed by atoms with E-state index in [0.717, 1.165) is 71.4 Å². The Kier molecular flexibility index (Phi) is 33.1. The molecule has 0 aliphatic heterocycles. The minimum Gasteiger partial charge on any atom is -0.508 e. The fourth-order valence-electron chi connectivity index (χ4n) is 15.1. The third-order valence-corrected chi connectivity index (χ3v) is 19.4. The molecule has 11 rings (SSSR count). The molecule has 0 amide bonds. The van der Waals surface area contributed by atoms with E-state index in [4.69, 9.17) is 5.11 Å². The van der Waals surface area contributed by atoms with Gasteiger partial charge in [-0.3, -0.25) is 0 Å². The van der Waals surface area contributed by atoms with Crippen LogP contribution in [0.5, 0.6) is 40.2 Å². The van der Waals surface area contributed by atoms with Gasteiger partial charge in [-0.05, 0) is 342 Å². The maximum atomic E-state index is 13.7. The first-order valence-corrected chi connectivity index (χ1v) is 35.0. The molecule has 96 heavy (non-hydrogen) atoms. The van der Waals surface area contributed by atoms with E-state index in [9.17, 15) is 39.4 Å². The summed E-state index contributed by atoms with van der Waals surface area (Å²) in [6.07, 6.45) is 22.0. The number of aromatic hydroxyl groups is 7. The predicted octanol–water partition coefficient (Wildman–Crippen LogP) is 24.0. The molecule has 3 aliphatic rings. The molecule has 3 fully saturated rings. The van der Waals surface area contributed by atoms with Gasteiger partial charge in [0.25, 0.3) is 0 Å². The molecule has 7 nitrogen and oxygen atoms in total. The molecule has 0 spiro atoms. The van der Waals surface area contributed by atoms with Gasteiger partial charge in [-0.1, -0.05) is 130 Å². The van der Waals surface area contributed by atoms with Crippen molar-refractivity contribution in [2.75, 3.05) is 0 Å². The van der Waals surface area contributed by atoms with Crippen LogP contribution < -0.4 is 0 Å². The van der Waals surface area contributed by atoms with Crippen LogP contribution in [0, 0.1) is 101 Å². The number of rotatable bonds is 9. The Morgan fingerprint density at radius 1 is 0.344 bits per heavy atom. The lowest BCUT2D eigenvalue weighted by atomic mass is 9.80. The van der Waals surface area contributed by atoms with E-state index < -0.39 is 0 Å². The SMILES string of the molecule is C.CCc1c(C)cc(O)cc1C.CCc1c(C)cc(O)cc1F.Cc1cc(O)cc(C)c1C(C)C.Cc1cc(O)cc(C)c1C1CCCCC1.Cc1cc(O)cc(C)c1CC1CCCC1.Cc1cc(O)cc(C)c1Cc1ccccc1.Cc1cc(O)cc(F)c1C1CCCCC1. The number of phenolic OH excluding ortho intramolecular Hbond substituents is 7. The van der Waals surface area contributed by atoms with E-state index in [1.807, 2.05) is 122 Å². The van der Waals surface area contributed by atoms with Crippen molar-refractivity contribution in [3.63, 3.8) is 0 Å². The molecule has 8 aromatic rings. The third kappa shape index (κ3) is 24.7. The molecule has 9 heteroatoms. The Balaban J connectivity index is 0.000000239. The van der Waals surface area contributed by atoms with Gasteiger partial charge in [0.15, 0.2) is 0 Å². The quantitative estimate of drug-likeness (QED) is 0.0763. The fraction of sp³-hybridized carbons (Fsp3) is 0.448. The van der Waals surface area contributed by atoms with Gasteiger partial charge in [-0.25, -0.2) is 8.78 Å². The molecular weight excluding hydrogens is 1190 g/mol. The summed E-state index contributed by atoms with van der Waals surface area (Å²) in [5, 5.41) is 65.2. The van der Waals surface area contributed by atoms with E-state index in [0.29, 0.717) is 52.6 Å². The molecule has 522 valence electrons. The molecule has 3 saturated carbocycles. The molecule has 0 heterocycles. The number of aryl methyl sites for hydroxylation is 12.